The van der Waals surface area contributed by atoms with Crippen molar-refractivity contribution in [2.24, 2.45) is 7.05 Å². The molecule has 1 atom stereocenters. The molecule has 0 radical (unpaired) electrons. The van der Waals surface area contributed by atoms with Crippen LogP contribution in [0, 0.1) is 0 Å². The lowest BCUT2D eigenvalue weighted by Gasteiger charge is -2.31. The van der Waals surface area contributed by atoms with Gasteiger partial charge in [-0.25, -0.2) is 0 Å². The molecule has 1 fully saturated rings. The normalized spacial score (nSPS) is 17.7. The number of amides is 1. The van der Waals surface area contributed by atoms with Crippen LogP contribution < -0.4 is 5.32 Å². The van der Waals surface area contributed by atoms with Crippen molar-refractivity contribution in [1.29, 1.82) is 0 Å². The van der Waals surface area contributed by atoms with Crippen molar-refractivity contribution in [1.82, 2.24) is 19.7 Å². The maximum atomic E-state index is 12.7. The van der Waals surface area contributed by atoms with Crippen LogP contribution in [0.2, 0.25) is 0 Å². The van der Waals surface area contributed by atoms with Gasteiger partial charge in [0, 0.05) is 30.6 Å². The molecule has 0 spiro atoms. The minimum Gasteiger partial charge on any atom is -0.324 e. The number of benzene rings is 2. The number of piperidine rings is 1. The molecule has 0 bridgehead atoms. The van der Waals surface area contributed by atoms with Crippen LogP contribution in [0.15, 0.2) is 47.6 Å². The molecule has 1 aliphatic rings. The van der Waals surface area contributed by atoms with E-state index in [1.54, 1.807) is 11.8 Å². The Kier molecular flexibility index (Phi) is 5.64. The molecule has 1 saturated heterocycles. The maximum absolute atomic E-state index is 12.7. The number of carbonyl (C=O) groups is 1. The Balaban J connectivity index is 1.42. The zero-order chi connectivity index (χ0) is 19.5. The van der Waals surface area contributed by atoms with Gasteiger partial charge < -0.3 is 9.88 Å². The van der Waals surface area contributed by atoms with Gasteiger partial charge >= 0.3 is 0 Å². The molecule has 0 unspecified atom stereocenters. The van der Waals surface area contributed by atoms with Gasteiger partial charge in [-0.1, -0.05) is 48.2 Å². The fourth-order valence-electron chi connectivity index (χ4n) is 4.00. The molecular formula is C21H25N5OS. The van der Waals surface area contributed by atoms with Gasteiger partial charge in [-0.3, -0.25) is 9.69 Å². The van der Waals surface area contributed by atoms with Crippen LogP contribution in [0.4, 0.5) is 5.69 Å². The Labute approximate surface area is 169 Å². The monoisotopic (exact) mass is 395 g/mol. The minimum atomic E-state index is 0.0276. The summed E-state index contributed by atoms with van der Waals surface area (Å²) in [6, 6.07) is 14.1. The predicted octanol–water partition coefficient (Wildman–Crippen LogP) is 3.51. The lowest BCUT2D eigenvalue weighted by Crippen LogP contribution is -2.40. The van der Waals surface area contributed by atoms with Crippen molar-refractivity contribution >= 4 is 34.1 Å². The standard InChI is InChI=1S/C21H25N5OS/c1-25-20(23-24-21(25)28-2)16-9-6-12-26(13-16)14-19(27)22-18-11-5-8-15-7-3-4-10-17(15)18/h3-5,7-8,10-11,16H,6,9,12-14H2,1-2H3,(H,22,27)/t16-/m0/s1. The molecule has 1 aliphatic heterocycles. The van der Waals surface area contributed by atoms with Gasteiger partial charge in [0.1, 0.15) is 5.82 Å². The Morgan fingerprint density at radius 2 is 2.04 bits per heavy atom. The summed E-state index contributed by atoms with van der Waals surface area (Å²) < 4.78 is 2.08. The van der Waals surface area contributed by atoms with E-state index in [9.17, 15) is 4.79 Å². The van der Waals surface area contributed by atoms with Gasteiger partial charge in [-0.2, -0.15) is 0 Å². The van der Waals surface area contributed by atoms with E-state index in [-0.39, 0.29) is 5.91 Å². The van der Waals surface area contributed by atoms with E-state index >= 15 is 0 Å². The third-order valence-corrected chi connectivity index (χ3v) is 6.07. The Bertz CT molecular complexity index is 981. The summed E-state index contributed by atoms with van der Waals surface area (Å²) in [5.74, 6) is 1.36. The summed E-state index contributed by atoms with van der Waals surface area (Å²) in [4.78, 5) is 14.9. The first kappa shape index (κ1) is 19.0. The number of rotatable bonds is 5. The highest BCUT2D eigenvalue weighted by molar-refractivity contribution is 7.98. The van der Waals surface area contributed by atoms with Crippen LogP contribution in [0.5, 0.6) is 0 Å². The van der Waals surface area contributed by atoms with Gasteiger partial charge in [0.15, 0.2) is 5.16 Å². The molecular weight excluding hydrogens is 370 g/mol. The van der Waals surface area contributed by atoms with E-state index in [0.29, 0.717) is 12.5 Å². The second-order valence-corrected chi connectivity index (χ2v) is 8.03. The number of thioether (sulfide) groups is 1. The summed E-state index contributed by atoms with van der Waals surface area (Å²) in [7, 11) is 2.02. The minimum absolute atomic E-state index is 0.0276. The maximum Gasteiger partial charge on any atom is 0.238 e. The topological polar surface area (TPSA) is 63.1 Å². The predicted molar refractivity (Wildman–Crippen MR) is 114 cm³/mol. The lowest BCUT2D eigenvalue weighted by atomic mass is 9.97. The Hall–Kier alpha value is -2.38. The van der Waals surface area contributed by atoms with Crippen molar-refractivity contribution in [2.45, 2.75) is 23.9 Å². The van der Waals surface area contributed by atoms with Gasteiger partial charge in [0.2, 0.25) is 5.91 Å². The smallest absolute Gasteiger partial charge is 0.238 e. The van der Waals surface area contributed by atoms with E-state index in [2.05, 4.69) is 37.1 Å². The van der Waals surface area contributed by atoms with Gasteiger partial charge in [-0.15, -0.1) is 10.2 Å². The fourth-order valence-corrected chi connectivity index (χ4v) is 4.49. The summed E-state index contributed by atoms with van der Waals surface area (Å²) in [5.41, 5.74) is 0.870. The van der Waals surface area contributed by atoms with Crippen molar-refractivity contribution in [3.63, 3.8) is 0 Å². The van der Waals surface area contributed by atoms with Gasteiger partial charge in [-0.05, 0) is 37.1 Å². The zero-order valence-electron chi connectivity index (χ0n) is 16.3. The Morgan fingerprint density at radius 1 is 1.21 bits per heavy atom. The number of fused-ring (bicyclic) bond motifs is 1. The number of nitrogens with one attached hydrogen (secondary N) is 1. The van der Waals surface area contributed by atoms with Crippen LogP contribution >= 0.6 is 11.8 Å². The van der Waals surface area contributed by atoms with Crippen LogP contribution in [0.25, 0.3) is 10.8 Å². The molecule has 6 nitrogen and oxygen atoms in total. The van der Waals surface area contributed by atoms with E-state index in [4.69, 9.17) is 0 Å². The Morgan fingerprint density at radius 3 is 2.86 bits per heavy atom. The summed E-state index contributed by atoms with van der Waals surface area (Å²) in [6.07, 6.45) is 4.16. The second kappa shape index (κ2) is 8.32. The van der Waals surface area contributed by atoms with Crippen LogP contribution in [0.3, 0.4) is 0 Å². The molecule has 1 N–H and O–H groups in total. The number of likely N-dealkylation sites (tertiary alicyclic amines) is 1. The van der Waals surface area contributed by atoms with Crippen molar-refractivity contribution < 1.29 is 4.79 Å². The average Bonchev–Trinajstić information content (AvgIpc) is 3.09. The highest BCUT2D eigenvalue weighted by Gasteiger charge is 2.27. The molecule has 28 heavy (non-hydrogen) atoms. The molecule has 3 aromatic rings. The molecule has 4 rings (SSSR count). The number of nitrogens with zero attached hydrogens (tertiary/aromatic N) is 4. The fraction of sp³-hybridized carbons (Fsp3) is 0.381. The molecule has 0 aliphatic carbocycles. The number of aromatic nitrogens is 3. The highest BCUT2D eigenvalue weighted by atomic mass is 32.2. The van der Waals surface area contributed by atoms with Gasteiger partial charge in [0.25, 0.3) is 0 Å². The largest absolute Gasteiger partial charge is 0.324 e. The van der Waals surface area contributed by atoms with E-state index in [0.717, 1.165) is 53.4 Å². The molecule has 0 saturated carbocycles. The molecule has 2 aromatic carbocycles. The summed E-state index contributed by atoms with van der Waals surface area (Å²) in [5, 5.41) is 14.9. The molecule has 2 heterocycles. The quantitative estimate of drug-likeness (QED) is 0.670. The summed E-state index contributed by atoms with van der Waals surface area (Å²) in [6.45, 7) is 2.17. The molecule has 7 heteroatoms. The first-order valence-corrected chi connectivity index (χ1v) is 10.8. The van der Waals surface area contributed by atoms with Gasteiger partial charge in [0.05, 0.1) is 6.54 Å². The third kappa shape index (κ3) is 3.91. The molecule has 146 valence electrons. The van der Waals surface area contributed by atoms with E-state index in [1.165, 1.54) is 0 Å². The number of carbonyl (C=O) groups excluding carboxylic acids is 1. The lowest BCUT2D eigenvalue weighted by molar-refractivity contribution is -0.117. The SMILES string of the molecule is CSc1nnc([C@H]2CCCN(CC(=O)Nc3cccc4ccccc34)C2)n1C. The molecule has 1 amide bonds. The second-order valence-electron chi connectivity index (χ2n) is 7.25. The van der Waals surface area contributed by atoms with Crippen molar-refractivity contribution in [2.75, 3.05) is 31.2 Å². The number of anilines is 1. The third-order valence-electron chi connectivity index (χ3n) is 5.35. The summed E-state index contributed by atoms with van der Waals surface area (Å²) >= 11 is 1.61. The number of hydrogen-bond acceptors (Lipinski definition) is 5. The molecule has 1 aromatic heterocycles. The van der Waals surface area contributed by atoms with Crippen LogP contribution in [0.1, 0.15) is 24.6 Å². The van der Waals surface area contributed by atoms with Crippen LogP contribution in [-0.2, 0) is 11.8 Å². The zero-order valence-corrected chi connectivity index (χ0v) is 17.1. The van der Waals surface area contributed by atoms with E-state index < -0.39 is 0 Å². The van der Waals surface area contributed by atoms with E-state index in [1.807, 2.05) is 43.6 Å². The van der Waals surface area contributed by atoms with Crippen molar-refractivity contribution in [3.8, 4) is 0 Å². The number of hydrogen-bond donors (Lipinski definition) is 1. The van der Waals surface area contributed by atoms with Crippen molar-refractivity contribution in [3.05, 3.63) is 48.3 Å². The average molecular weight is 396 g/mol. The first-order chi connectivity index (χ1) is 13.7. The highest BCUT2D eigenvalue weighted by Crippen LogP contribution is 2.27. The first-order valence-electron chi connectivity index (χ1n) is 9.59. The van der Waals surface area contributed by atoms with Crippen LogP contribution in [-0.4, -0.2) is 51.5 Å².